The van der Waals surface area contributed by atoms with Gasteiger partial charge < -0.3 is 49.5 Å². The molecule has 1 fully saturated rings. The average molecular weight is 1280 g/mol. The second kappa shape index (κ2) is 29.5. The Morgan fingerprint density at radius 3 is 2.25 bits per heavy atom. The molecule has 5 heterocycles. The van der Waals surface area contributed by atoms with Gasteiger partial charge >= 0.3 is 12.1 Å². The van der Waals surface area contributed by atoms with Gasteiger partial charge in [0.05, 0.1) is 74.6 Å². The number of Topliss-reactive ketones (excluding diaryl/α,β-unsaturated/α-hetero) is 3. The van der Waals surface area contributed by atoms with Crippen molar-refractivity contribution in [3.8, 4) is 11.4 Å². The first-order valence-electron chi connectivity index (χ1n) is 30.7. The van der Waals surface area contributed by atoms with Gasteiger partial charge in [0.2, 0.25) is 23.8 Å². The summed E-state index contributed by atoms with van der Waals surface area (Å²) in [4.78, 5) is 149. The maximum absolute atomic E-state index is 15.5. The minimum atomic E-state index is -5.29. The van der Waals surface area contributed by atoms with Gasteiger partial charge in [-0.2, -0.15) is 13.2 Å². The highest BCUT2D eigenvalue weighted by atomic mass is 19.4. The van der Waals surface area contributed by atoms with E-state index in [9.17, 15) is 71.0 Å². The van der Waals surface area contributed by atoms with Gasteiger partial charge in [-0.25, -0.2) is 14.2 Å². The quantitative estimate of drug-likeness (QED) is 0.0217. The number of fused-ring (bicyclic) bond motifs is 5. The number of rotatable bonds is 30. The molecule has 2 aromatic heterocycles. The van der Waals surface area contributed by atoms with Crippen molar-refractivity contribution < 1.29 is 89.6 Å². The molecule has 23 nitrogen and oxygen atoms in total. The monoisotopic (exact) mass is 1280 g/mol. The summed E-state index contributed by atoms with van der Waals surface area (Å²) >= 11 is 0. The van der Waals surface area contributed by atoms with Crippen LogP contribution in [0, 0.1) is 30.5 Å². The Bertz CT molecular complexity index is 3640. The number of amides is 6. The third-order valence-electron chi connectivity index (χ3n) is 17.8. The number of carbonyl (C=O) groups is 10. The van der Waals surface area contributed by atoms with Gasteiger partial charge in [-0.1, -0.05) is 37.3 Å². The molecule has 4 N–H and O–H groups in total. The number of alkyl halides is 3. The van der Waals surface area contributed by atoms with E-state index in [1.165, 1.54) is 40.7 Å². The van der Waals surface area contributed by atoms with E-state index >= 15 is 4.39 Å². The number of cyclic esters (lactones) is 1. The third kappa shape index (κ3) is 15.4. The zero-order valence-electron chi connectivity index (χ0n) is 51.2. The highest BCUT2D eigenvalue weighted by Gasteiger charge is 2.50. The van der Waals surface area contributed by atoms with E-state index in [2.05, 4.69) is 16.0 Å². The fourth-order valence-corrected chi connectivity index (χ4v) is 12.7. The number of esters is 1. The van der Waals surface area contributed by atoms with E-state index in [1.807, 2.05) is 0 Å². The van der Waals surface area contributed by atoms with Crippen LogP contribution in [0.5, 0.6) is 0 Å². The lowest BCUT2D eigenvalue weighted by molar-refractivity contribution is -0.224. The van der Waals surface area contributed by atoms with E-state index < -0.39 is 109 Å². The first kappa shape index (κ1) is 68.0. The Hall–Kier alpha value is -8.40. The van der Waals surface area contributed by atoms with Gasteiger partial charge in [0.25, 0.3) is 23.3 Å². The zero-order valence-corrected chi connectivity index (χ0v) is 51.2. The van der Waals surface area contributed by atoms with E-state index in [1.54, 1.807) is 37.3 Å². The van der Waals surface area contributed by atoms with Crippen LogP contribution < -0.4 is 21.5 Å². The summed E-state index contributed by atoms with van der Waals surface area (Å²) in [5.41, 5.74) is -0.197. The summed E-state index contributed by atoms with van der Waals surface area (Å²) in [5, 5.41) is 19.6. The van der Waals surface area contributed by atoms with Gasteiger partial charge in [-0.15, -0.1) is 0 Å². The number of aromatic nitrogens is 2. The molecule has 1 unspecified atom stereocenters. The number of nitrogens with one attached hydrogen (secondary N) is 3. The van der Waals surface area contributed by atoms with Crippen LogP contribution in [0.15, 0.2) is 59.4 Å². The number of ketones is 3. The molecule has 2 aliphatic carbocycles. The molecule has 5 aliphatic rings. The number of benzene rings is 2. The molecule has 4 aromatic rings. The van der Waals surface area contributed by atoms with E-state index in [-0.39, 0.29) is 153 Å². The number of aryl methyl sites for hydroxylation is 1. The largest absolute Gasteiger partial charge is 0.458 e. The molecular formula is C65H73F4N7O16. The molecule has 3 aliphatic heterocycles. The van der Waals surface area contributed by atoms with Gasteiger partial charge in [0.1, 0.15) is 19.0 Å². The Morgan fingerprint density at radius 1 is 0.837 bits per heavy atom. The number of hydrogen-bond donors (Lipinski definition) is 4. The number of carbonyl (C=O) groups excluding carboxylic acids is 10. The van der Waals surface area contributed by atoms with Crippen LogP contribution >= 0.6 is 0 Å². The van der Waals surface area contributed by atoms with Crippen molar-refractivity contribution in [2.45, 2.75) is 128 Å². The average Bonchev–Trinajstić information content (AvgIpc) is 1.17. The molecule has 1 saturated carbocycles. The maximum atomic E-state index is 15.5. The number of hydrogen-bond acceptors (Lipinski definition) is 17. The van der Waals surface area contributed by atoms with Crippen LogP contribution in [0.1, 0.15) is 116 Å². The Labute approximate surface area is 525 Å². The molecule has 0 bridgehead atoms. The van der Waals surface area contributed by atoms with Gasteiger partial charge in [-0.3, -0.25) is 52.8 Å². The molecule has 0 saturated heterocycles. The smallest absolute Gasteiger partial charge is 0.423 e. The highest BCUT2D eigenvalue weighted by Crippen LogP contribution is 2.48. The minimum Gasteiger partial charge on any atom is -0.458 e. The Kier molecular flexibility index (Phi) is 21.8. The number of nitrogens with zero attached hydrogens (tertiary/aromatic N) is 4. The molecule has 4 atom stereocenters. The molecule has 6 amide bonds. The first-order valence-corrected chi connectivity index (χ1v) is 30.7. The van der Waals surface area contributed by atoms with Crippen molar-refractivity contribution in [3.63, 3.8) is 0 Å². The third-order valence-corrected chi connectivity index (χ3v) is 17.8. The Morgan fingerprint density at radius 2 is 1.54 bits per heavy atom. The summed E-state index contributed by atoms with van der Waals surface area (Å²) in [7, 11) is 1.16. The first-order chi connectivity index (χ1) is 43.9. The van der Waals surface area contributed by atoms with E-state index in [4.69, 9.17) is 23.9 Å². The van der Waals surface area contributed by atoms with Gasteiger partial charge in [-0.05, 0) is 92.5 Å². The van der Waals surface area contributed by atoms with Crippen LogP contribution in [0.3, 0.4) is 0 Å². The summed E-state index contributed by atoms with van der Waals surface area (Å²) < 4.78 is 82.9. The molecule has 0 radical (unpaired) electrons. The standard InChI is InChI=1S/C65H73F4N7O16/c1-4-64(88)47-28-51-57-45(33-75(51)61(85)46(47)35-92-63(64)87)56-50(16-15-44-36(2)48(66)29-49(73-57)55(44)56)74(3)62(86)58(65(67,68)69)91-22-20-41(77)30-72-60(84)40(26-37-8-6-5-7-9-37)27-43(79)31-71-52(80)17-14-42(78)34-90-25-24-89-23-21-70-59(83)39-12-10-38(11-13-39)32-76-53(81)18-19-54(76)82/h5-9,18-19,28-29,38-40,50,58,88H,4,10-17,20-27,30-35H2,1-3H3,(H,70,83)(H,71,80)(H,72,84)/t38?,39?,40-,50+,58?,64+/m1/s1. The minimum absolute atomic E-state index is 0.00865. The number of halogens is 4. The zero-order chi connectivity index (χ0) is 66.2. The van der Waals surface area contributed by atoms with Crippen LogP contribution in [0.4, 0.5) is 17.6 Å². The second-order valence-electron chi connectivity index (χ2n) is 23.9. The van der Waals surface area contributed by atoms with Crippen LogP contribution in [0.25, 0.3) is 22.3 Å². The topological polar surface area (TPSA) is 305 Å². The summed E-state index contributed by atoms with van der Waals surface area (Å²) in [6, 6.07) is 10.1. The maximum Gasteiger partial charge on any atom is 0.423 e. The predicted octanol–water partition coefficient (Wildman–Crippen LogP) is 4.16. The summed E-state index contributed by atoms with van der Waals surface area (Å²) in [5.74, 6) is -7.95. The number of imide groups is 1. The van der Waals surface area contributed by atoms with Gasteiger partial charge in [0.15, 0.2) is 23.0 Å². The molecule has 0 spiro atoms. The van der Waals surface area contributed by atoms with Crippen molar-refractivity contribution in [1.82, 2.24) is 35.3 Å². The van der Waals surface area contributed by atoms with Crippen molar-refractivity contribution in [1.29, 1.82) is 0 Å². The van der Waals surface area contributed by atoms with Crippen molar-refractivity contribution >= 4 is 69.7 Å². The molecule has 9 rings (SSSR count). The molecule has 27 heteroatoms. The molecule has 92 heavy (non-hydrogen) atoms. The predicted molar refractivity (Wildman–Crippen MR) is 318 cm³/mol. The van der Waals surface area contributed by atoms with Crippen molar-refractivity contribution in [3.05, 3.63) is 110 Å². The van der Waals surface area contributed by atoms with Crippen LogP contribution in [-0.4, -0.2) is 162 Å². The number of ether oxygens (including phenoxy) is 4. The second-order valence-corrected chi connectivity index (χ2v) is 23.9. The van der Waals surface area contributed by atoms with Crippen molar-refractivity contribution in [2.75, 3.05) is 66.3 Å². The number of likely N-dealkylation sites (N-methyl/N-ethyl adjacent to an activating group) is 1. The van der Waals surface area contributed by atoms with Crippen LogP contribution in [0.2, 0.25) is 0 Å². The lowest BCUT2D eigenvalue weighted by atomic mass is 9.81. The molecular weight excluding hydrogens is 1210 g/mol. The lowest BCUT2D eigenvalue weighted by Crippen LogP contribution is -2.48. The Balaban J connectivity index is 0.711. The summed E-state index contributed by atoms with van der Waals surface area (Å²) in [6.07, 6.45) is -4.59. The molecule has 2 aromatic carbocycles. The normalized spacial score (nSPS) is 19.6. The molecule has 492 valence electrons. The highest BCUT2D eigenvalue weighted by molar-refractivity contribution is 6.13. The van der Waals surface area contributed by atoms with Crippen molar-refractivity contribution in [2.24, 2.45) is 17.8 Å². The van der Waals surface area contributed by atoms with Crippen LogP contribution in [-0.2, 0) is 98.5 Å². The lowest BCUT2D eigenvalue weighted by Gasteiger charge is -2.37. The fourth-order valence-electron chi connectivity index (χ4n) is 12.7. The van der Waals surface area contributed by atoms with E-state index in [0.29, 0.717) is 47.0 Å². The number of pyridine rings is 2. The SMILES string of the molecule is CC[C@@]1(O)C(=O)OCc2c1cc1n(c2=O)Cc2c-1nc1cc(F)c(C)c3c1c2[C@@H](N(C)C(=O)C(OCCC(=O)CNC(=O)[C@@H](CC(=O)CNC(=O)CCC(=O)COCCOCCNC(=O)C1CCC(CN2C(=O)C=CC2=O)CC1)Cc1ccccc1)C(F)(F)F)CC3. The van der Waals surface area contributed by atoms with Gasteiger partial charge in [0, 0.05) is 92.4 Å². The summed E-state index contributed by atoms with van der Waals surface area (Å²) in [6.45, 7) is 1.15. The van der Waals surface area contributed by atoms with E-state index in [0.717, 1.165) is 24.8 Å². The fraction of sp³-hybridized carbons (Fsp3) is 0.508. The number of aliphatic hydroxyl groups is 1.